The van der Waals surface area contributed by atoms with Crippen LogP contribution in [0.25, 0.3) is 0 Å². The first-order valence-electron chi connectivity index (χ1n) is 4.10. The molecule has 0 aliphatic rings. The second-order valence-corrected chi connectivity index (χ2v) is 3.03. The Balaban J connectivity index is 3.44. The Hall–Kier alpha value is -0.770. The Morgan fingerprint density at radius 3 is 2.62 bits per heavy atom. The van der Waals surface area contributed by atoms with E-state index in [0.29, 0.717) is 13.0 Å². The SMILES string of the molecule is CCOC(=O)CCC[C@@H](Cl)C(=O)O. The molecule has 0 amide bonds. The molecule has 0 saturated heterocycles. The van der Waals surface area contributed by atoms with E-state index < -0.39 is 11.3 Å². The summed E-state index contributed by atoms with van der Waals surface area (Å²) in [6.45, 7) is 2.07. The van der Waals surface area contributed by atoms with Gasteiger partial charge in [0.15, 0.2) is 0 Å². The fraction of sp³-hybridized carbons (Fsp3) is 0.750. The summed E-state index contributed by atoms with van der Waals surface area (Å²) in [6, 6.07) is 0. The first-order chi connectivity index (χ1) is 6.07. The zero-order valence-electron chi connectivity index (χ0n) is 7.46. The van der Waals surface area contributed by atoms with Gasteiger partial charge in [0.2, 0.25) is 0 Å². The molecule has 0 spiro atoms. The number of alkyl halides is 1. The molecule has 4 nitrogen and oxygen atoms in total. The van der Waals surface area contributed by atoms with Crippen molar-refractivity contribution in [1.82, 2.24) is 0 Å². The maximum Gasteiger partial charge on any atom is 0.321 e. The van der Waals surface area contributed by atoms with Crippen molar-refractivity contribution < 1.29 is 19.4 Å². The molecule has 5 heteroatoms. The maximum absolute atomic E-state index is 10.8. The molecule has 0 aliphatic carbocycles. The van der Waals surface area contributed by atoms with Gasteiger partial charge in [-0.2, -0.15) is 0 Å². The number of carbonyl (C=O) groups is 2. The Morgan fingerprint density at radius 2 is 2.15 bits per heavy atom. The first kappa shape index (κ1) is 12.2. The minimum atomic E-state index is -1.05. The normalized spacial score (nSPS) is 12.2. The van der Waals surface area contributed by atoms with E-state index in [9.17, 15) is 9.59 Å². The molecular formula is C8H13ClO4. The summed E-state index contributed by atoms with van der Waals surface area (Å²) in [5.41, 5.74) is 0. The van der Waals surface area contributed by atoms with Gasteiger partial charge in [-0.05, 0) is 19.8 Å². The molecule has 76 valence electrons. The van der Waals surface area contributed by atoms with Crippen LogP contribution in [-0.4, -0.2) is 29.0 Å². The maximum atomic E-state index is 10.8. The molecular weight excluding hydrogens is 196 g/mol. The minimum Gasteiger partial charge on any atom is -0.480 e. The molecule has 0 heterocycles. The van der Waals surface area contributed by atoms with Crippen molar-refractivity contribution in [3.63, 3.8) is 0 Å². The van der Waals surface area contributed by atoms with Crippen LogP contribution in [0.15, 0.2) is 0 Å². The fourth-order valence-electron chi connectivity index (χ4n) is 0.782. The smallest absolute Gasteiger partial charge is 0.321 e. The molecule has 0 saturated carbocycles. The molecule has 0 rings (SSSR count). The largest absolute Gasteiger partial charge is 0.480 e. The lowest BCUT2D eigenvalue weighted by Gasteiger charge is -2.03. The average Bonchev–Trinajstić information content (AvgIpc) is 2.04. The molecule has 0 bridgehead atoms. The van der Waals surface area contributed by atoms with Gasteiger partial charge in [-0.25, -0.2) is 0 Å². The number of hydrogen-bond acceptors (Lipinski definition) is 3. The monoisotopic (exact) mass is 208 g/mol. The van der Waals surface area contributed by atoms with Crippen LogP contribution < -0.4 is 0 Å². The number of halogens is 1. The van der Waals surface area contributed by atoms with Gasteiger partial charge in [-0.15, -0.1) is 11.6 Å². The van der Waals surface area contributed by atoms with Crippen LogP contribution in [-0.2, 0) is 14.3 Å². The molecule has 0 aromatic heterocycles. The fourth-order valence-corrected chi connectivity index (χ4v) is 0.937. The Kier molecular flexibility index (Phi) is 6.32. The van der Waals surface area contributed by atoms with E-state index >= 15 is 0 Å². The molecule has 1 N–H and O–H groups in total. The summed E-state index contributed by atoms with van der Waals surface area (Å²) >= 11 is 5.42. The molecule has 0 unspecified atom stereocenters. The van der Waals surface area contributed by atoms with E-state index in [1.807, 2.05) is 0 Å². The van der Waals surface area contributed by atoms with Crippen LogP contribution in [0.5, 0.6) is 0 Å². The van der Waals surface area contributed by atoms with Crippen LogP contribution in [0, 0.1) is 0 Å². The second-order valence-electron chi connectivity index (χ2n) is 2.50. The van der Waals surface area contributed by atoms with Crippen molar-refractivity contribution in [2.75, 3.05) is 6.61 Å². The van der Waals surface area contributed by atoms with Crippen LogP contribution in [0.3, 0.4) is 0 Å². The van der Waals surface area contributed by atoms with Gasteiger partial charge in [-0.3, -0.25) is 9.59 Å². The van der Waals surface area contributed by atoms with Gasteiger partial charge in [0.25, 0.3) is 0 Å². The van der Waals surface area contributed by atoms with Crippen LogP contribution in [0.2, 0.25) is 0 Å². The van der Waals surface area contributed by atoms with Crippen molar-refractivity contribution in [3.05, 3.63) is 0 Å². The van der Waals surface area contributed by atoms with E-state index in [0.717, 1.165) is 0 Å². The number of carbonyl (C=O) groups excluding carboxylic acids is 1. The van der Waals surface area contributed by atoms with Gasteiger partial charge >= 0.3 is 11.9 Å². The van der Waals surface area contributed by atoms with Crippen molar-refractivity contribution >= 4 is 23.5 Å². The lowest BCUT2D eigenvalue weighted by Crippen LogP contribution is -2.13. The molecule has 1 atom stereocenters. The van der Waals surface area contributed by atoms with E-state index in [1.54, 1.807) is 6.92 Å². The van der Waals surface area contributed by atoms with Crippen molar-refractivity contribution in [2.45, 2.75) is 31.6 Å². The highest BCUT2D eigenvalue weighted by atomic mass is 35.5. The summed E-state index contributed by atoms with van der Waals surface area (Å²) < 4.78 is 4.65. The first-order valence-corrected chi connectivity index (χ1v) is 4.54. The summed E-state index contributed by atoms with van der Waals surface area (Å²) in [5, 5.41) is 7.49. The zero-order chi connectivity index (χ0) is 10.3. The van der Waals surface area contributed by atoms with Gasteiger partial charge in [-0.1, -0.05) is 0 Å². The average molecular weight is 209 g/mol. The second kappa shape index (κ2) is 6.71. The summed E-state index contributed by atoms with van der Waals surface area (Å²) in [6.07, 6.45) is 0.958. The number of ether oxygens (including phenoxy) is 1. The highest BCUT2D eigenvalue weighted by Crippen LogP contribution is 2.08. The third-order valence-electron chi connectivity index (χ3n) is 1.41. The molecule has 0 aliphatic heterocycles. The molecule has 0 radical (unpaired) electrons. The highest BCUT2D eigenvalue weighted by molar-refractivity contribution is 6.29. The van der Waals surface area contributed by atoms with Gasteiger partial charge in [0, 0.05) is 6.42 Å². The van der Waals surface area contributed by atoms with Crippen molar-refractivity contribution in [1.29, 1.82) is 0 Å². The number of carboxylic acid groups (broad SMARTS) is 1. The highest BCUT2D eigenvalue weighted by Gasteiger charge is 2.13. The number of rotatable bonds is 6. The third kappa shape index (κ3) is 6.40. The third-order valence-corrected chi connectivity index (χ3v) is 1.82. The Labute approximate surface area is 81.8 Å². The van der Waals surface area contributed by atoms with E-state index in [4.69, 9.17) is 16.7 Å². The predicted octanol–water partition coefficient (Wildman–Crippen LogP) is 1.41. The zero-order valence-corrected chi connectivity index (χ0v) is 8.21. The van der Waals surface area contributed by atoms with Gasteiger partial charge in [0.1, 0.15) is 5.38 Å². The molecule has 13 heavy (non-hydrogen) atoms. The quantitative estimate of drug-likeness (QED) is 0.530. The lowest BCUT2D eigenvalue weighted by atomic mass is 10.2. The molecule has 0 aromatic rings. The topological polar surface area (TPSA) is 63.6 Å². The van der Waals surface area contributed by atoms with E-state index in [1.165, 1.54) is 0 Å². The van der Waals surface area contributed by atoms with E-state index in [2.05, 4.69) is 4.74 Å². The minimum absolute atomic E-state index is 0.227. The van der Waals surface area contributed by atoms with E-state index in [-0.39, 0.29) is 18.8 Å². The van der Waals surface area contributed by atoms with Crippen LogP contribution >= 0.6 is 11.6 Å². The Bertz CT molecular complexity index is 181. The Morgan fingerprint density at radius 1 is 1.54 bits per heavy atom. The summed E-state index contributed by atoms with van der Waals surface area (Å²) in [7, 11) is 0. The lowest BCUT2D eigenvalue weighted by molar-refractivity contribution is -0.143. The number of hydrogen-bond donors (Lipinski definition) is 1. The van der Waals surface area contributed by atoms with Crippen molar-refractivity contribution in [2.24, 2.45) is 0 Å². The number of carboxylic acids is 1. The molecule has 0 aromatic carbocycles. The standard InChI is InChI=1S/C8H13ClO4/c1-2-13-7(10)5-3-4-6(9)8(11)12/h6H,2-5H2,1H3,(H,11,12)/t6-/m1/s1. The van der Waals surface area contributed by atoms with Gasteiger partial charge < -0.3 is 9.84 Å². The van der Waals surface area contributed by atoms with Crippen molar-refractivity contribution in [3.8, 4) is 0 Å². The summed E-state index contributed by atoms with van der Waals surface area (Å²) in [4.78, 5) is 21.0. The summed E-state index contributed by atoms with van der Waals surface area (Å²) in [5.74, 6) is -1.36. The predicted molar refractivity (Wildman–Crippen MR) is 47.8 cm³/mol. The van der Waals surface area contributed by atoms with Gasteiger partial charge in [0.05, 0.1) is 6.61 Å². The number of aliphatic carboxylic acids is 1. The molecule has 0 fully saturated rings. The van der Waals surface area contributed by atoms with Crippen LogP contribution in [0.1, 0.15) is 26.2 Å². The van der Waals surface area contributed by atoms with Crippen LogP contribution in [0.4, 0.5) is 0 Å². The number of esters is 1.